The largest absolute Gasteiger partial charge is 0.459 e. The zero-order valence-electron chi connectivity index (χ0n) is 32.1. The molecule has 0 unspecified atom stereocenters. The molecule has 1 saturated heterocycles. The number of esters is 5. The van der Waals surface area contributed by atoms with Gasteiger partial charge in [0.25, 0.3) is 0 Å². The summed E-state index contributed by atoms with van der Waals surface area (Å²) < 4.78 is 39.0. The minimum atomic E-state index is -1.70. The molecule has 55 heavy (non-hydrogen) atoms. The van der Waals surface area contributed by atoms with E-state index < -0.39 is 88.8 Å². The van der Waals surface area contributed by atoms with Gasteiger partial charge in [-0.2, -0.15) is 0 Å². The first kappa shape index (κ1) is 39.6. The van der Waals surface area contributed by atoms with Gasteiger partial charge in [0.2, 0.25) is 0 Å². The third-order valence-electron chi connectivity index (χ3n) is 11.5. The number of fused-ring (bicyclic) bond motifs is 1. The average Bonchev–Trinajstić information content (AvgIpc) is 3.37. The van der Waals surface area contributed by atoms with Crippen LogP contribution in [-0.2, 0) is 38.0 Å². The van der Waals surface area contributed by atoms with Gasteiger partial charge in [0, 0.05) is 25.7 Å². The molecule has 2 heterocycles. The van der Waals surface area contributed by atoms with Crippen molar-refractivity contribution in [3.05, 3.63) is 102 Å². The highest BCUT2D eigenvalue weighted by Crippen LogP contribution is 2.68. The molecule has 0 radical (unpaired) electrons. The Morgan fingerprint density at radius 1 is 0.727 bits per heavy atom. The Balaban J connectivity index is 1.58. The van der Waals surface area contributed by atoms with Crippen LogP contribution < -0.4 is 0 Å². The molecule has 0 N–H and O–H groups in total. The van der Waals surface area contributed by atoms with Crippen LogP contribution in [0.1, 0.15) is 105 Å². The molecular weight excluding hydrogens is 706 g/mol. The van der Waals surface area contributed by atoms with Crippen LogP contribution in [0.3, 0.4) is 0 Å². The Morgan fingerprint density at radius 2 is 1.31 bits per heavy atom. The lowest BCUT2D eigenvalue weighted by atomic mass is 9.47. The van der Waals surface area contributed by atoms with Gasteiger partial charge >= 0.3 is 29.8 Å². The second-order valence-electron chi connectivity index (χ2n) is 15.5. The topological polar surface area (TPSA) is 154 Å². The Bertz CT molecular complexity index is 1870. The van der Waals surface area contributed by atoms with Crippen LogP contribution in [0.15, 0.2) is 85.2 Å². The van der Waals surface area contributed by atoms with E-state index in [2.05, 4.69) is 4.98 Å². The fourth-order valence-electron chi connectivity index (χ4n) is 9.17. The van der Waals surface area contributed by atoms with Gasteiger partial charge < -0.3 is 28.4 Å². The van der Waals surface area contributed by atoms with Gasteiger partial charge in [-0.05, 0) is 75.9 Å². The highest BCUT2D eigenvalue weighted by atomic mass is 16.6. The molecule has 6 rings (SSSR count). The van der Waals surface area contributed by atoms with Crippen molar-refractivity contribution >= 4 is 29.8 Å². The van der Waals surface area contributed by atoms with Gasteiger partial charge in [0.05, 0.1) is 33.6 Å². The molecule has 12 nitrogen and oxygen atoms in total. The zero-order chi connectivity index (χ0) is 39.5. The van der Waals surface area contributed by atoms with E-state index in [0.717, 1.165) is 12.8 Å². The fraction of sp³-hybridized carbons (Fsp3) is 0.488. The molecule has 2 bridgehead atoms. The van der Waals surface area contributed by atoms with E-state index in [0.29, 0.717) is 6.42 Å². The Kier molecular flexibility index (Phi) is 11.5. The molecule has 1 aliphatic heterocycles. The summed E-state index contributed by atoms with van der Waals surface area (Å²) in [5.74, 6) is -4.81. The molecule has 9 atom stereocenters. The quantitative estimate of drug-likeness (QED) is 0.110. The molecule has 1 spiro atoms. The van der Waals surface area contributed by atoms with Crippen LogP contribution in [0.5, 0.6) is 0 Å². The highest BCUT2D eigenvalue weighted by Gasteiger charge is 2.84. The molecule has 2 aromatic carbocycles. The molecule has 2 aliphatic carbocycles. The maximum atomic E-state index is 14.2. The van der Waals surface area contributed by atoms with Crippen molar-refractivity contribution in [2.24, 2.45) is 17.3 Å². The van der Waals surface area contributed by atoms with Crippen LogP contribution in [0.2, 0.25) is 0 Å². The van der Waals surface area contributed by atoms with Crippen molar-refractivity contribution in [3.63, 3.8) is 0 Å². The van der Waals surface area contributed by atoms with Gasteiger partial charge in [-0.15, -0.1) is 0 Å². The second-order valence-corrected chi connectivity index (χ2v) is 15.5. The van der Waals surface area contributed by atoms with Crippen LogP contribution >= 0.6 is 0 Å². The lowest BCUT2D eigenvalue weighted by molar-refractivity contribution is -0.311. The van der Waals surface area contributed by atoms with E-state index in [9.17, 15) is 24.0 Å². The van der Waals surface area contributed by atoms with E-state index in [4.69, 9.17) is 28.4 Å². The number of nitrogens with zero attached hydrogens (tertiary/aromatic N) is 1. The van der Waals surface area contributed by atoms with E-state index in [1.165, 1.54) is 25.4 Å². The number of rotatable bonds is 12. The monoisotopic (exact) mass is 755 g/mol. The van der Waals surface area contributed by atoms with Crippen molar-refractivity contribution in [2.45, 2.75) is 115 Å². The number of benzene rings is 2. The maximum Gasteiger partial charge on any atom is 0.340 e. The van der Waals surface area contributed by atoms with E-state index in [1.807, 2.05) is 13.8 Å². The fourth-order valence-corrected chi connectivity index (χ4v) is 9.17. The predicted molar refractivity (Wildman–Crippen MR) is 198 cm³/mol. The number of carbonyl (C=O) groups excluding carboxylic acids is 5. The summed E-state index contributed by atoms with van der Waals surface area (Å²) in [5, 5.41) is 0. The maximum absolute atomic E-state index is 14.2. The Hall–Kier alpha value is -5.10. The smallest absolute Gasteiger partial charge is 0.340 e. The normalized spacial score (nSPS) is 30.3. The van der Waals surface area contributed by atoms with Crippen molar-refractivity contribution in [2.75, 3.05) is 0 Å². The third kappa shape index (κ3) is 7.36. The lowest BCUT2D eigenvalue weighted by Gasteiger charge is -2.63. The van der Waals surface area contributed by atoms with Gasteiger partial charge in [0.1, 0.15) is 23.9 Å². The lowest BCUT2D eigenvalue weighted by Crippen LogP contribution is -2.79. The minimum absolute atomic E-state index is 0.126. The molecule has 292 valence electrons. The first-order valence-electron chi connectivity index (χ1n) is 18.9. The molecule has 3 fully saturated rings. The van der Waals surface area contributed by atoms with E-state index in [-0.39, 0.29) is 29.5 Å². The molecule has 0 amide bonds. The van der Waals surface area contributed by atoms with Gasteiger partial charge in [-0.1, -0.05) is 63.1 Å². The average molecular weight is 756 g/mol. The summed E-state index contributed by atoms with van der Waals surface area (Å²) in [6.45, 7) is 10.5. The minimum Gasteiger partial charge on any atom is -0.459 e. The summed E-state index contributed by atoms with van der Waals surface area (Å²) in [4.78, 5) is 73.1. The number of unbranched alkanes of at least 4 members (excludes halogenated alkanes) is 2. The van der Waals surface area contributed by atoms with Crippen molar-refractivity contribution < 1.29 is 52.4 Å². The first-order valence-corrected chi connectivity index (χ1v) is 18.9. The summed E-state index contributed by atoms with van der Waals surface area (Å²) in [7, 11) is 0. The molecule has 3 aromatic rings. The van der Waals surface area contributed by atoms with Crippen molar-refractivity contribution in [3.8, 4) is 0 Å². The van der Waals surface area contributed by atoms with Gasteiger partial charge in [0.15, 0.2) is 12.2 Å². The first-order chi connectivity index (χ1) is 26.2. The highest BCUT2D eigenvalue weighted by molar-refractivity contribution is 5.91. The summed E-state index contributed by atoms with van der Waals surface area (Å²) in [5.41, 5.74) is -3.84. The molecular formula is C43H49NO11. The second kappa shape index (κ2) is 15.9. The van der Waals surface area contributed by atoms with Crippen LogP contribution in [0.4, 0.5) is 0 Å². The van der Waals surface area contributed by atoms with E-state index in [1.54, 1.807) is 87.5 Å². The number of aromatic nitrogens is 1. The number of carbonyl (C=O) groups is 5. The van der Waals surface area contributed by atoms with Crippen LogP contribution in [0, 0.1) is 17.3 Å². The van der Waals surface area contributed by atoms with Crippen molar-refractivity contribution in [1.29, 1.82) is 0 Å². The summed E-state index contributed by atoms with van der Waals surface area (Å²) in [6.07, 6.45) is -0.826. The predicted octanol–water partition coefficient (Wildman–Crippen LogP) is 6.71. The number of hydrogen-bond acceptors (Lipinski definition) is 12. The Morgan fingerprint density at radius 3 is 1.87 bits per heavy atom. The molecule has 12 heteroatoms. The van der Waals surface area contributed by atoms with Crippen molar-refractivity contribution in [1.82, 2.24) is 4.98 Å². The zero-order valence-corrected chi connectivity index (χ0v) is 32.1. The molecule has 2 saturated carbocycles. The third-order valence-corrected chi connectivity index (χ3v) is 11.5. The van der Waals surface area contributed by atoms with Gasteiger partial charge in [-0.25, -0.2) is 14.4 Å². The SMILES string of the molecule is CCCCCC(=O)O[C@H]1C[C@@H](C)[C@]23OC(C)(C)[C@H]([C@@H](OC(=O)c4cccnc4)[C@@H](OC(=O)c4ccccc4)[C@]2(C)[C@H]1OC(=O)c1ccccc1)[C@H]3OC(C)=O. The number of pyridine rings is 1. The molecule has 3 aliphatic rings. The summed E-state index contributed by atoms with van der Waals surface area (Å²) >= 11 is 0. The molecule has 1 aromatic heterocycles. The number of ether oxygens (including phenoxy) is 6. The van der Waals surface area contributed by atoms with E-state index >= 15 is 0 Å². The van der Waals surface area contributed by atoms with Crippen LogP contribution in [-0.4, -0.2) is 76.6 Å². The standard InChI is InChI=1S/C43H49NO11/c1-7-8-11-22-32(46)51-31-24-26(2)43-36(50-27(3)45)33(41(4,5)55-43)34(52-40(49)30-21-16-23-44-25-30)37(54-39(48)29-19-14-10-15-20-29)42(43,6)35(31)53-38(47)28-17-12-9-13-18-28/h9-10,12-21,23,25-26,31,33-37H,7-8,11,22,24H2,1-6H3/t26-,31+,33-,34-,35+,36-,37-,42+,43-/m1/s1. The summed E-state index contributed by atoms with van der Waals surface area (Å²) in [6, 6.07) is 19.8. The number of hydrogen-bond donors (Lipinski definition) is 0. The van der Waals surface area contributed by atoms with Gasteiger partial charge in [-0.3, -0.25) is 14.6 Å². The Labute approximate surface area is 321 Å². The van der Waals surface area contributed by atoms with Crippen LogP contribution in [0.25, 0.3) is 0 Å².